The first-order valence-electron chi connectivity index (χ1n) is 13.4. The number of hydrogen-bond acceptors (Lipinski definition) is 4. The van der Waals surface area contributed by atoms with Crippen molar-refractivity contribution in [1.82, 2.24) is 10.6 Å². The summed E-state index contributed by atoms with van der Waals surface area (Å²) < 4.78 is 15.6. The SMILES string of the molecule is CCC[C@H](O)[C@](Cc1ccccc1)(NC(=O)c1cccc(N2CCCC2=O)c1F)C(=O)NCCC(C)(C)C. The third-order valence-corrected chi connectivity index (χ3v) is 6.95. The summed E-state index contributed by atoms with van der Waals surface area (Å²) in [5.41, 5.74) is -1.27. The fraction of sp³-hybridized carbons (Fsp3) is 0.500. The summed E-state index contributed by atoms with van der Waals surface area (Å²) in [7, 11) is 0. The van der Waals surface area contributed by atoms with E-state index >= 15 is 4.39 Å². The Morgan fingerprint density at radius 1 is 1.11 bits per heavy atom. The van der Waals surface area contributed by atoms with Crippen LogP contribution in [-0.2, 0) is 16.0 Å². The number of hydrogen-bond donors (Lipinski definition) is 3. The predicted molar refractivity (Wildman–Crippen MR) is 146 cm³/mol. The Morgan fingerprint density at radius 3 is 2.42 bits per heavy atom. The molecule has 0 aromatic heterocycles. The molecule has 3 rings (SSSR count). The average molecular weight is 526 g/mol. The minimum atomic E-state index is -1.74. The number of aliphatic hydroxyl groups is 1. The molecule has 206 valence electrons. The Labute approximate surface area is 224 Å². The smallest absolute Gasteiger partial charge is 0.255 e. The third-order valence-electron chi connectivity index (χ3n) is 6.95. The summed E-state index contributed by atoms with van der Waals surface area (Å²) in [4.78, 5) is 41.0. The van der Waals surface area contributed by atoms with Crippen molar-refractivity contribution in [2.45, 2.75) is 77.9 Å². The van der Waals surface area contributed by atoms with Gasteiger partial charge in [-0.3, -0.25) is 14.4 Å². The predicted octanol–water partition coefficient (Wildman–Crippen LogP) is 4.38. The lowest BCUT2D eigenvalue weighted by Crippen LogP contribution is -2.67. The third kappa shape index (κ3) is 6.98. The van der Waals surface area contributed by atoms with Gasteiger partial charge in [-0.05, 0) is 42.4 Å². The quantitative estimate of drug-likeness (QED) is 0.406. The Hall–Kier alpha value is -3.26. The highest BCUT2D eigenvalue weighted by atomic mass is 19.1. The lowest BCUT2D eigenvalue weighted by atomic mass is 9.81. The van der Waals surface area contributed by atoms with Crippen molar-refractivity contribution in [3.8, 4) is 0 Å². The molecule has 2 atom stereocenters. The molecule has 2 aromatic rings. The van der Waals surface area contributed by atoms with Crippen LogP contribution >= 0.6 is 0 Å². The molecule has 1 heterocycles. The van der Waals surface area contributed by atoms with Crippen LogP contribution in [0.4, 0.5) is 10.1 Å². The number of amides is 3. The second-order valence-electron chi connectivity index (χ2n) is 11.2. The van der Waals surface area contributed by atoms with Crippen LogP contribution < -0.4 is 15.5 Å². The van der Waals surface area contributed by atoms with Crippen LogP contribution in [0.5, 0.6) is 0 Å². The van der Waals surface area contributed by atoms with Crippen LogP contribution in [0.1, 0.15) is 75.7 Å². The minimum absolute atomic E-state index is 0.0218. The van der Waals surface area contributed by atoms with E-state index in [1.54, 1.807) is 0 Å². The summed E-state index contributed by atoms with van der Waals surface area (Å²) in [5.74, 6) is -2.37. The highest BCUT2D eigenvalue weighted by Crippen LogP contribution is 2.28. The molecule has 1 saturated heterocycles. The van der Waals surface area contributed by atoms with Gasteiger partial charge in [-0.1, -0.05) is 70.5 Å². The number of anilines is 1. The summed E-state index contributed by atoms with van der Waals surface area (Å²) in [5, 5.41) is 17.0. The molecule has 38 heavy (non-hydrogen) atoms. The van der Waals surface area contributed by atoms with Crippen LogP contribution in [0.15, 0.2) is 48.5 Å². The van der Waals surface area contributed by atoms with E-state index in [0.717, 1.165) is 5.56 Å². The van der Waals surface area contributed by atoms with E-state index in [1.807, 2.05) is 37.3 Å². The van der Waals surface area contributed by atoms with Gasteiger partial charge in [0.1, 0.15) is 5.54 Å². The van der Waals surface area contributed by atoms with Gasteiger partial charge in [0.25, 0.3) is 5.91 Å². The van der Waals surface area contributed by atoms with Gasteiger partial charge in [-0.25, -0.2) is 4.39 Å². The van der Waals surface area contributed by atoms with E-state index < -0.39 is 29.3 Å². The van der Waals surface area contributed by atoms with Crippen molar-refractivity contribution in [1.29, 1.82) is 0 Å². The topological polar surface area (TPSA) is 98.7 Å². The zero-order chi connectivity index (χ0) is 27.9. The van der Waals surface area contributed by atoms with Gasteiger partial charge < -0.3 is 20.6 Å². The minimum Gasteiger partial charge on any atom is -0.390 e. The number of carbonyl (C=O) groups excluding carboxylic acids is 3. The maximum absolute atomic E-state index is 15.6. The highest BCUT2D eigenvalue weighted by molar-refractivity contribution is 6.02. The molecule has 3 N–H and O–H groups in total. The summed E-state index contributed by atoms with van der Waals surface area (Å²) in [6, 6.07) is 13.4. The first-order valence-corrected chi connectivity index (χ1v) is 13.4. The number of rotatable bonds is 11. The Balaban J connectivity index is 2.00. The first kappa shape index (κ1) is 29.3. The molecule has 2 aromatic carbocycles. The van der Waals surface area contributed by atoms with Crippen LogP contribution in [-0.4, -0.2) is 47.6 Å². The molecule has 1 aliphatic heterocycles. The van der Waals surface area contributed by atoms with E-state index in [1.165, 1.54) is 23.1 Å². The van der Waals surface area contributed by atoms with Crippen LogP contribution in [0.25, 0.3) is 0 Å². The van der Waals surface area contributed by atoms with Crippen molar-refractivity contribution >= 4 is 23.4 Å². The molecule has 1 fully saturated rings. The molecule has 0 radical (unpaired) electrons. The number of nitrogens with one attached hydrogen (secondary N) is 2. The van der Waals surface area contributed by atoms with Crippen molar-refractivity contribution in [2.75, 3.05) is 18.0 Å². The second-order valence-corrected chi connectivity index (χ2v) is 11.2. The molecule has 0 aliphatic carbocycles. The monoisotopic (exact) mass is 525 g/mol. The number of nitrogens with zero attached hydrogens (tertiary/aromatic N) is 1. The van der Waals surface area contributed by atoms with Gasteiger partial charge in [0.15, 0.2) is 5.82 Å². The van der Waals surface area contributed by atoms with Crippen molar-refractivity contribution in [3.05, 3.63) is 65.5 Å². The Bertz CT molecular complexity index is 1130. The highest BCUT2D eigenvalue weighted by Gasteiger charge is 2.46. The zero-order valence-electron chi connectivity index (χ0n) is 22.9. The molecule has 0 bridgehead atoms. The first-order chi connectivity index (χ1) is 18.0. The molecule has 0 saturated carbocycles. The largest absolute Gasteiger partial charge is 0.390 e. The fourth-order valence-electron chi connectivity index (χ4n) is 4.76. The maximum Gasteiger partial charge on any atom is 0.255 e. The van der Waals surface area contributed by atoms with Gasteiger partial charge in [0, 0.05) is 25.9 Å². The number of aliphatic hydroxyl groups excluding tert-OH is 1. The molecule has 1 aliphatic rings. The van der Waals surface area contributed by atoms with Gasteiger partial charge in [0.2, 0.25) is 11.8 Å². The molecular formula is C30H40FN3O4. The Kier molecular flexibility index (Phi) is 9.66. The standard InChI is InChI=1S/C30H40FN3O4/c1-5-11-24(35)30(20-21-12-7-6-8-13-21,28(38)32-18-17-29(2,3)4)33-27(37)22-14-9-15-23(26(22)31)34-19-10-16-25(34)36/h6-9,12-15,24,35H,5,10-11,16-20H2,1-4H3,(H,32,38)(H,33,37)/t24-,30-/m0/s1. The molecule has 3 amide bonds. The molecule has 8 heteroatoms. The van der Waals surface area contributed by atoms with Crippen LogP contribution in [0.3, 0.4) is 0 Å². The summed E-state index contributed by atoms with van der Waals surface area (Å²) in [6.45, 7) is 8.80. The van der Waals surface area contributed by atoms with E-state index in [4.69, 9.17) is 0 Å². The van der Waals surface area contributed by atoms with E-state index in [0.29, 0.717) is 38.8 Å². The van der Waals surface area contributed by atoms with Crippen molar-refractivity contribution in [3.63, 3.8) is 0 Å². The molecular weight excluding hydrogens is 485 g/mol. The zero-order valence-corrected chi connectivity index (χ0v) is 22.9. The van der Waals surface area contributed by atoms with E-state index in [-0.39, 0.29) is 35.4 Å². The van der Waals surface area contributed by atoms with Crippen LogP contribution in [0.2, 0.25) is 0 Å². The van der Waals surface area contributed by atoms with Crippen molar-refractivity contribution < 1.29 is 23.9 Å². The van der Waals surface area contributed by atoms with Crippen molar-refractivity contribution in [2.24, 2.45) is 5.41 Å². The van der Waals surface area contributed by atoms with Gasteiger partial charge in [-0.15, -0.1) is 0 Å². The summed E-state index contributed by atoms with van der Waals surface area (Å²) in [6.07, 6.45) is 1.26. The lowest BCUT2D eigenvalue weighted by Gasteiger charge is -2.38. The summed E-state index contributed by atoms with van der Waals surface area (Å²) >= 11 is 0. The van der Waals surface area contributed by atoms with Crippen LogP contribution in [0, 0.1) is 11.2 Å². The lowest BCUT2D eigenvalue weighted by molar-refractivity contribution is -0.132. The average Bonchev–Trinajstić information content (AvgIpc) is 3.29. The van der Waals surface area contributed by atoms with Gasteiger partial charge in [-0.2, -0.15) is 0 Å². The molecule has 7 nitrogen and oxygen atoms in total. The van der Waals surface area contributed by atoms with Gasteiger partial charge >= 0.3 is 0 Å². The molecule has 0 unspecified atom stereocenters. The van der Waals surface area contributed by atoms with E-state index in [9.17, 15) is 19.5 Å². The number of carbonyl (C=O) groups is 3. The molecule has 0 spiro atoms. The number of halogens is 1. The Morgan fingerprint density at radius 2 is 1.82 bits per heavy atom. The normalized spacial score (nSPS) is 16.2. The fourth-order valence-corrected chi connectivity index (χ4v) is 4.76. The van der Waals surface area contributed by atoms with Gasteiger partial charge in [0.05, 0.1) is 17.4 Å². The number of benzene rings is 2. The maximum atomic E-state index is 15.6. The second kappa shape index (κ2) is 12.5. The van der Waals surface area contributed by atoms with E-state index in [2.05, 4.69) is 31.4 Å².